The van der Waals surface area contributed by atoms with Gasteiger partial charge in [0.05, 0.1) is 5.71 Å². The Morgan fingerprint density at radius 2 is 1.76 bits per heavy atom. The predicted octanol–water partition coefficient (Wildman–Crippen LogP) is 4.04. The summed E-state index contributed by atoms with van der Waals surface area (Å²) in [6.45, 7) is 1.64. The van der Waals surface area contributed by atoms with E-state index in [0.29, 0.717) is 11.3 Å². The molecule has 3 rings (SSSR count). The van der Waals surface area contributed by atoms with Crippen LogP contribution < -0.4 is 5.43 Å². The molecule has 0 unspecified atom stereocenters. The Hall–Kier alpha value is -3.34. The minimum absolute atomic E-state index is 0.249. The molecule has 0 radical (unpaired) electrons. The monoisotopic (exact) mass is 333 g/mol. The number of amides is 1. The molecule has 2 aromatic carbocycles. The van der Waals surface area contributed by atoms with Crippen molar-refractivity contribution >= 4 is 11.6 Å². The van der Waals surface area contributed by atoms with Gasteiger partial charge in [-0.05, 0) is 42.3 Å². The van der Waals surface area contributed by atoms with Gasteiger partial charge in [0.25, 0.3) is 5.91 Å². The highest BCUT2D eigenvalue weighted by Gasteiger charge is 2.09. The van der Waals surface area contributed by atoms with Crippen LogP contribution in [0.2, 0.25) is 0 Å². The standard InChI is InChI=1S/C20H16FN3O/c1-14(23-24-20(25)19-9-5-6-12-22-19)17-11-10-16(13-18(17)21)15-7-3-2-4-8-15/h2-13H,1H3,(H,24,25)/b23-14+. The van der Waals surface area contributed by atoms with Crippen LogP contribution in [0.15, 0.2) is 78.0 Å². The van der Waals surface area contributed by atoms with Gasteiger partial charge in [-0.2, -0.15) is 5.10 Å². The van der Waals surface area contributed by atoms with Crippen molar-refractivity contribution < 1.29 is 9.18 Å². The fourth-order valence-electron chi connectivity index (χ4n) is 2.37. The molecule has 25 heavy (non-hydrogen) atoms. The number of carbonyl (C=O) groups is 1. The number of benzene rings is 2. The molecule has 0 aliphatic heterocycles. The third-order valence-corrected chi connectivity index (χ3v) is 3.69. The second-order valence-corrected chi connectivity index (χ2v) is 5.41. The zero-order valence-electron chi connectivity index (χ0n) is 13.6. The molecule has 0 saturated heterocycles. The lowest BCUT2D eigenvalue weighted by Gasteiger charge is -2.07. The lowest BCUT2D eigenvalue weighted by atomic mass is 10.0. The molecule has 0 aliphatic carbocycles. The van der Waals surface area contributed by atoms with Crippen molar-refractivity contribution in [3.05, 3.63) is 90.0 Å². The normalized spacial score (nSPS) is 11.2. The molecule has 1 aromatic heterocycles. The van der Waals surface area contributed by atoms with Crippen molar-refractivity contribution in [2.24, 2.45) is 5.10 Å². The Labute approximate surface area is 145 Å². The summed E-state index contributed by atoms with van der Waals surface area (Å²) in [7, 11) is 0. The Balaban J connectivity index is 1.78. The van der Waals surface area contributed by atoms with Crippen LogP contribution >= 0.6 is 0 Å². The summed E-state index contributed by atoms with van der Waals surface area (Å²) in [5, 5.41) is 3.97. The molecule has 1 N–H and O–H groups in total. The van der Waals surface area contributed by atoms with E-state index in [9.17, 15) is 9.18 Å². The quantitative estimate of drug-likeness (QED) is 0.579. The maximum atomic E-state index is 14.4. The van der Waals surface area contributed by atoms with E-state index >= 15 is 0 Å². The molecule has 0 spiro atoms. The fourth-order valence-corrected chi connectivity index (χ4v) is 2.37. The number of nitrogens with zero attached hydrogens (tertiary/aromatic N) is 2. The van der Waals surface area contributed by atoms with Crippen LogP contribution in [-0.4, -0.2) is 16.6 Å². The molecule has 1 heterocycles. The molecule has 0 bridgehead atoms. The van der Waals surface area contributed by atoms with Gasteiger partial charge < -0.3 is 0 Å². The fraction of sp³-hybridized carbons (Fsp3) is 0.0500. The lowest BCUT2D eigenvalue weighted by molar-refractivity contribution is 0.0950. The smallest absolute Gasteiger partial charge is 0.266 e. The molecular weight excluding hydrogens is 317 g/mol. The first-order valence-corrected chi connectivity index (χ1v) is 7.76. The molecule has 3 aromatic rings. The number of hydrazone groups is 1. The van der Waals surface area contributed by atoms with E-state index < -0.39 is 11.7 Å². The van der Waals surface area contributed by atoms with Crippen LogP contribution in [-0.2, 0) is 0 Å². The van der Waals surface area contributed by atoms with Gasteiger partial charge in [-0.15, -0.1) is 0 Å². The molecule has 5 heteroatoms. The Morgan fingerprint density at radius 1 is 1.00 bits per heavy atom. The van der Waals surface area contributed by atoms with Gasteiger partial charge in [-0.1, -0.05) is 42.5 Å². The highest BCUT2D eigenvalue weighted by Crippen LogP contribution is 2.22. The third kappa shape index (κ3) is 3.95. The number of carbonyl (C=O) groups excluding carboxylic acids is 1. The van der Waals surface area contributed by atoms with E-state index in [0.717, 1.165) is 11.1 Å². The summed E-state index contributed by atoms with van der Waals surface area (Å²) >= 11 is 0. The lowest BCUT2D eigenvalue weighted by Crippen LogP contribution is -2.20. The summed E-state index contributed by atoms with van der Waals surface area (Å²) in [6, 6.07) is 19.5. The van der Waals surface area contributed by atoms with Gasteiger partial charge in [-0.25, -0.2) is 9.82 Å². The Bertz CT molecular complexity index is 909. The predicted molar refractivity (Wildman–Crippen MR) is 95.8 cm³/mol. The molecule has 0 atom stereocenters. The molecule has 4 nitrogen and oxygen atoms in total. The zero-order valence-corrected chi connectivity index (χ0v) is 13.6. The number of rotatable bonds is 4. The van der Waals surface area contributed by atoms with Gasteiger partial charge in [0.15, 0.2) is 0 Å². The van der Waals surface area contributed by atoms with Crippen molar-refractivity contribution in [1.29, 1.82) is 0 Å². The van der Waals surface area contributed by atoms with Crippen molar-refractivity contribution in [1.82, 2.24) is 10.4 Å². The average Bonchev–Trinajstić information content (AvgIpc) is 2.67. The minimum atomic E-state index is -0.443. The Morgan fingerprint density at radius 3 is 2.44 bits per heavy atom. The first kappa shape index (κ1) is 16.5. The van der Waals surface area contributed by atoms with E-state index in [-0.39, 0.29) is 5.69 Å². The van der Waals surface area contributed by atoms with Crippen molar-refractivity contribution in [3.63, 3.8) is 0 Å². The van der Waals surface area contributed by atoms with Crippen molar-refractivity contribution in [2.75, 3.05) is 0 Å². The number of pyridine rings is 1. The number of halogens is 1. The van der Waals surface area contributed by atoms with Gasteiger partial charge >= 0.3 is 0 Å². The minimum Gasteiger partial charge on any atom is -0.266 e. The van der Waals surface area contributed by atoms with Crippen LogP contribution in [0.4, 0.5) is 4.39 Å². The molecule has 0 aliphatic rings. The van der Waals surface area contributed by atoms with Crippen LogP contribution in [0.5, 0.6) is 0 Å². The maximum absolute atomic E-state index is 14.4. The van der Waals surface area contributed by atoms with E-state index in [1.54, 1.807) is 31.2 Å². The van der Waals surface area contributed by atoms with Crippen molar-refractivity contribution in [3.8, 4) is 11.1 Å². The molecular formula is C20H16FN3O. The number of nitrogens with one attached hydrogen (secondary N) is 1. The van der Waals surface area contributed by atoms with Gasteiger partial charge in [-0.3, -0.25) is 9.78 Å². The van der Waals surface area contributed by atoms with Gasteiger partial charge in [0, 0.05) is 11.8 Å². The summed E-state index contributed by atoms with van der Waals surface area (Å²) < 4.78 is 14.4. The average molecular weight is 333 g/mol. The first-order valence-electron chi connectivity index (χ1n) is 7.76. The van der Waals surface area contributed by atoms with Crippen molar-refractivity contribution in [2.45, 2.75) is 6.92 Å². The highest BCUT2D eigenvalue weighted by atomic mass is 19.1. The van der Waals surface area contributed by atoms with E-state index in [2.05, 4.69) is 15.5 Å². The number of hydrogen-bond donors (Lipinski definition) is 1. The zero-order chi connectivity index (χ0) is 17.6. The van der Waals surface area contributed by atoms with Crippen LogP contribution in [0.25, 0.3) is 11.1 Å². The largest absolute Gasteiger partial charge is 0.289 e. The van der Waals surface area contributed by atoms with Crippen LogP contribution in [0, 0.1) is 5.82 Å². The third-order valence-electron chi connectivity index (χ3n) is 3.69. The summed E-state index contributed by atoms with van der Waals surface area (Å²) in [5.74, 6) is -0.837. The van der Waals surface area contributed by atoms with E-state index in [1.165, 1.54) is 12.3 Å². The topological polar surface area (TPSA) is 54.4 Å². The Kier molecular flexibility index (Phi) is 4.95. The van der Waals surface area contributed by atoms with Crippen LogP contribution in [0.1, 0.15) is 23.0 Å². The van der Waals surface area contributed by atoms with E-state index in [1.807, 2.05) is 36.4 Å². The summed E-state index contributed by atoms with van der Waals surface area (Å²) in [4.78, 5) is 15.9. The number of aromatic nitrogens is 1. The van der Waals surface area contributed by atoms with Crippen LogP contribution in [0.3, 0.4) is 0 Å². The van der Waals surface area contributed by atoms with E-state index in [4.69, 9.17) is 0 Å². The first-order chi connectivity index (χ1) is 12.1. The highest BCUT2D eigenvalue weighted by molar-refractivity contribution is 6.01. The van der Waals surface area contributed by atoms with Gasteiger partial charge in [0.2, 0.25) is 0 Å². The summed E-state index contributed by atoms with van der Waals surface area (Å²) in [6.07, 6.45) is 1.52. The maximum Gasteiger partial charge on any atom is 0.289 e. The molecule has 124 valence electrons. The molecule has 0 fully saturated rings. The second kappa shape index (κ2) is 7.49. The number of hydrogen-bond acceptors (Lipinski definition) is 3. The second-order valence-electron chi connectivity index (χ2n) is 5.41. The SMILES string of the molecule is C/C(=N\NC(=O)c1ccccn1)c1ccc(-c2ccccc2)cc1F. The molecule has 1 amide bonds. The van der Waals surface area contributed by atoms with Gasteiger partial charge in [0.1, 0.15) is 11.5 Å². The summed E-state index contributed by atoms with van der Waals surface area (Å²) in [5.41, 5.74) is 5.07. The molecule has 0 saturated carbocycles.